The number of nitrogens with zero attached hydrogens (tertiary/aromatic N) is 3. The van der Waals surface area contributed by atoms with Crippen molar-refractivity contribution in [3.05, 3.63) is 152 Å². The van der Waals surface area contributed by atoms with E-state index in [4.69, 9.17) is 14.4 Å². The summed E-state index contributed by atoms with van der Waals surface area (Å²) in [4.78, 5) is 10.3. The zero-order valence-electron chi connectivity index (χ0n) is 26.1. The second-order valence-electron chi connectivity index (χ2n) is 12.6. The predicted octanol–water partition coefficient (Wildman–Crippen LogP) is 12.3. The molecule has 0 spiro atoms. The van der Waals surface area contributed by atoms with Gasteiger partial charge < -0.3 is 8.98 Å². The average molecular weight is 644 g/mol. The van der Waals surface area contributed by atoms with E-state index in [1.807, 2.05) is 29.5 Å². The number of hydrogen-bond acceptors (Lipinski definition) is 4. The summed E-state index contributed by atoms with van der Waals surface area (Å²) < 4.78 is 11.3. The Bertz CT molecular complexity index is 3110. The molecule has 0 atom stereocenters. The van der Waals surface area contributed by atoms with E-state index in [2.05, 4.69) is 138 Å². The third-order valence-electron chi connectivity index (χ3n) is 9.81. The summed E-state index contributed by atoms with van der Waals surface area (Å²) in [6, 6.07) is 53.8. The van der Waals surface area contributed by atoms with E-state index in [1.54, 1.807) is 0 Å². The van der Waals surface area contributed by atoms with Gasteiger partial charge >= 0.3 is 0 Å². The van der Waals surface area contributed by atoms with Crippen LogP contribution in [-0.4, -0.2) is 14.5 Å². The van der Waals surface area contributed by atoms with Crippen molar-refractivity contribution in [2.24, 2.45) is 0 Å². The van der Waals surface area contributed by atoms with E-state index in [0.29, 0.717) is 11.5 Å². The van der Waals surface area contributed by atoms with E-state index >= 15 is 0 Å². The molecule has 5 heteroatoms. The van der Waals surface area contributed by atoms with Gasteiger partial charge in [-0.15, -0.1) is 11.3 Å². The highest BCUT2D eigenvalue weighted by Gasteiger charge is 2.20. The van der Waals surface area contributed by atoms with Gasteiger partial charge in [-0.05, 0) is 71.4 Å². The van der Waals surface area contributed by atoms with Gasteiger partial charge in [-0.25, -0.2) is 4.98 Å². The lowest BCUT2D eigenvalue weighted by Gasteiger charge is -2.10. The number of furan rings is 1. The van der Waals surface area contributed by atoms with Crippen molar-refractivity contribution in [2.75, 3.05) is 0 Å². The number of aromatic nitrogens is 3. The molecule has 0 N–H and O–H groups in total. The summed E-state index contributed by atoms with van der Waals surface area (Å²) in [5, 5.41) is 9.47. The summed E-state index contributed by atoms with van der Waals surface area (Å²) >= 11 is 1.82. The molecule has 0 radical (unpaired) electrons. The molecule has 0 saturated heterocycles. The molecule has 49 heavy (non-hydrogen) atoms. The van der Waals surface area contributed by atoms with Gasteiger partial charge in [0.1, 0.15) is 5.58 Å². The quantitative estimate of drug-likeness (QED) is 0.192. The molecule has 0 saturated carbocycles. The van der Waals surface area contributed by atoms with Crippen LogP contribution in [0.3, 0.4) is 0 Å². The third-order valence-corrected chi connectivity index (χ3v) is 10.9. The lowest BCUT2D eigenvalue weighted by molar-refractivity contribution is 0.653. The zero-order chi connectivity index (χ0) is 32.1. The summed E-state index contributed by atoms with van der Waals surface area (Å²) in [6.07, 6.45) is 0. The monoisotopic (exact) mass is 643 g/mol. The molecule has 7 aromatic carbocycles. The van der Waals surface area contributed by atoms with Gasteiger partial charge in [-0.3, -0.25) is 0 Å². The van der Waals surface area contributed by atoms with Crippen molar-refractivity contribution in [1.82, 2.24) is 14.5 Å². The first-order chi connectivity index (χ1) is 24.3. The van der Waals surface area contributed by atoms with Gasteiger partial charge in [0.2, 0.25) is 5.71 Å². The van der Waals surface area contributed by atoms with Crippen molar-refractivity contribution >= 4 is 86.2 Å². The maximum absolute atomic E-state index is 6.37. The van der Waals surface area contributed by atoms with E-state index < -0.39 is 0 Å². The minimum Gasteiger partial charge on any atom is -0.438 e. The largest absolute Gasteiger partial charge is 0.438 e. The lowest BCUT2D eigenvalue weighted by atomic mass is 10.0. The number of hydrogen-bond donors (Lipinski definition) is 0. The molecule has 0 aliphatic rings. The summed E-state index contributed by atoms with van der Waals surface area (Å²) in [7, 11) is 0. The first-order valence-electron chi connectivity index (χ1n) is 16.4. The number of thiophene rings is 1. The van der Waals surface area contributed by atoms with Gasteiger partial charge in [-0.1, -0.05) is 91.0 Å². The summed E-state index contributed by atoms with van der Waals surface area (Å²) in [5.41, 5.74) is 7.72. The summed E-state index contributed by atoms with van der Waals surface area (Å²) in [6.45, 7) is 0. The maximum Gasteiger partial charge on any atom is 0.231 e. The van der Waals surface area contributed by atoms with E-state index in [-0.39, 0.29) is 0 Å². The average Bonchev–Trinajstić information content (AvgIpc) is 3.82. The fraction of sp³-hybridized carbons (Fsp3) is 0. The fourth-order valence-electron chi connectivity index (χ4n) is 7.53. The molecule has 0 amide bonds. The van der Waals surface area contributed by atoms with E-state index in [0.717, 1.165) is 38.9 Å². The third kappa shape index (κ3) is 3.97. The normalized spacial score (nSPS) is 12.1. The molecule has 11 rings (SSSR count). The Hall–Kier alpha value is -6.30. The van der Waals surface area contributed by atoms with Gasteiger partial charge in [0.25, 0.3) is 0 Å². The first-order valence-corrected chi connectivity index (χ1v) is 17.2. The van der Waals surface area contributed by atoms with Crippen LogP contribution in [0.5, 0.6) is 0 Å². The Morgan fingerprint density at radius 3 is 2.06 bits per heavy atom. The highest BCUT2D eigenvalue weighted by molar-refractivity contribution is 7.25. The second-order valence-corrected chi connectivity index (χ2v) is 13.7. The van der Waals surface area contributed by atoms with Crippen LogP contribution in [0.1, 0.15) is 0 Å². The second kappa shape index (κ2) is 10.1. The highest BCUT2D eigenvalue weighted by Crippen LogP contribution is 2.41. The SMILES string of the molecule is c1ccc2cc3c(cc2c1)c1ccccc1n3-c1ccc(-c2nc(-c3ccc4c(c3)sc3ccccc34)c3c(n2)oc2ccccc23)cc1. The predicted molar refractivity (Wildman–Crippen MR) is 205 cm³/mol. The lowest BCUT2D eigenvalue weighted by Crippen LogP contribution is -1.96. The fourth-order valence-corrected chi connectivity index (χ4v) is 8.67. The molecule has 0 bridgehead atoms. The number of rotatable bonds is 3. The minimum atomic E-state index is 0.594. The first kappa shape index (κ1) is 26.7. The maximum atomic E-state index is 6.37. The van der Waals surface area contributed by atoms with Gasteiger partial charge in [0, 0.05) is 53.1 Å². The van der Waals surface area contributed by atoms with Crippen molar-refractivity contribution in [1.29, 1.82) is 0 Å². The molecule has 228 valence electrons. The molecule has 0 fully saturated rings. The van der Waals surface area contributed by atoms with Crippen LogP contribution in [0.4, 0.5) is 0 Å². The number of benzene rings is 7. The van der Waals surface area contributed by atoms with E-state index in [1.165, 1.54) is 52.8 Å². The van der Waals surface area contributed by atoms with Crippen molar-refractivity contribution in [3.8, 4) is 28.3 Å². The van der Waals surface area contributed by atoms with Crippen LogP contribution in [0.2, 0.25) is 0 Å². The summed E-state index contributed by atoms with van der Waals surface area (Å²) in [5.74, 6) is 0.637. The Morgan fingerprint density at radius 1 is 0.490 bits per heavy atom. The topological polar surface area (TPSA) is 43.9 Å². The van der Waals surface area contributed by atoms with Crippen molar-refractivity contribution in [3.63, 3.8) is 0 Å². The van der Waals surface area contributed by atoms with Gasteiger partial charge in [0.15, 0.2) is 5.82 Å². The van der Waals surface area contributed by atoms with Gasteiger partial charge in [0.05, 0.1) is 22.1 Å². The van der Waals surface area contributed by atoms with Crippen LogP contribution in [0, 0.1) is 0 Å². The zero-order valence-corrected chi connectivity index (χ0v) is 26.9. The van der Waals surface area contributed by atoms with Crippen LogP contribution in [0.15, 0.2) is 156 Å². The molecule has 4 nitrogen and oxygen atoms in total. The molecule has 0 aliphatic heterocycles. The number of para-hydroxylation sites is 2. The van der Waals surface area contributed by atoms with E-state index in [9.17, 15) is 0 Å². The number of fused-ring (bicyclic) bond motifs is 10. The molecule has 4 heterocycles. The van der Waals surface area contributed by atoms with Crippen molar-refractivity contribution in [2.45, 2.75) is 0 Å². The molecular formula is C44H25N3OS. The Labute approximate surface area is 284 Å². The van der Waals surface area contributed by atoms with Crippen LogP contribution >= 0.6 is 11.3 Å². The molecule has 0 aliphatic carbocycles. The molecular weight excluding hydrogens is 619 g/mol. The van der Waals surface area contributed by atoms with Crippen LogP contribution in [0.25, 0.3) is 103 Å². The van der Waals surface area contributed by atoms with Crippen LogP contribution < -0.4 is 0 Å². The Balaban J connectivity index is 1.10. The van der Waals surface area contributed by atoms with Crippen molar-refractivity contribution < 1.29 is 4.42 Å². The highest BCUT2D eigenvalue weighted by atomic mass is 32.1. The van der Waals surface area contributed by atoms with Crippen LogP contribution in [-0.2, 0) is 0 Å². The molecule has 0 unspecified atom stereocenters. The Morgan fingerprint density at radius 2 is 1.18 bits per heavy atom. The standard InChI is InChI=1S/C44H25N3OS/c1-2-10-28-24-37-35(23-27(28)9-1)31-11-3-6-14-36(31)47(37)30-20-17-26(18-21-30)43-45-42(41-34-13-4-7-15-38(34)48-44(41)46-43)29-19-22-33-32-12-5-8-16-39(32)49-40(33)25-29/h1-25H. The smallest absolute Gasteiger partial charge is 0.231 e. The molecule has 4 aromatic heterocycles. The minimum absolute atomic E-state index is 0.594. The Kier molecular flexibility index (Phi) is 5.51. The molecule has 11 aromatic rings. The van der Waals surface area contributed by atoms with Gasteiger partial charge in [-0.2, -0.15) is 4.98 Å².